The predicted molar refractivity (Wildman–Crippen MR) is 76.4 cm³/mol. The van der Waals surface area contributed by atoms with Gasteiger partial charge in [0.2, 0.25) is 0 Å². The number of aromatic nitrogens is 1. The van der Waals surface area contributed by atoms with Crippen LogP contribution in [0.1, 0.15) is 22.8 Å². The van der Waals surface area contributed by atoms with E-state index in [0.29, 0.717) is 0 Å². The van der Waals surface area contributed by atoms with Crippen LogP contribution in [0, 0.1) is 5.82 Å². The van der Waals surface area contributed by atoms with Gasteiger partial charge in [0.1, 0.15) is 5.82 Å². The molecule has 1 aliphatic rings. The van der Waals surface area contributed by atoms with Crippen LogP contribution >= 0.6 is 0 Å². The van der Waals surface area contributed by atoms with E-state index in [4.69, 9.17) is 0 Å². The van der Waals surface area contributed by atoms with Gasteiger partial charge in [-0.1, -0.05) is 25.1 Å². The molecule has 3 aromatic rings. The molecule has 0 radical (unpaired) electrons. The Morgan fingerprint density at radius 2 is 1.85 bits per heavy atom. The minimum Gasteiger partial charge on any atom is -0.275 e. The highest BCUT2D eigenvalue weighted by Crippen LogP contribution is 2.41. The van der Waals surface area contributed by atoms with E-state index < -0.39 is 0 Å². The maximum absolute atomic E-state index is 13.5. The van der Waals surface area contributed by atoms with Crippen LogP contribution in [0.5, 0.6) is 0 Å². The number of benzene rings is 2. The first-order valence-corrected chi connectivity index (χ1v) is 6.69. The third-order valence-corrected chi connectivity index (χ3v) is 4.00. The highest BCUT2D eigenvalue weighted by Gasteiger charge is 2.31. The van der Waals surface area contributed by atoms with Gasteiger partial charge in [0.25, 0.3) is 5.91 Å². The Kier molecular flexibility index (Phi) is 2.16. The Hall–Kier alpha value is -2.42. The summed E-state index contributed by atoms with van der Waals surface area (Å²) in [5.41, 5.74) is 4.43. The number of aryl methyl sites for hydroxylation is 1. The van der Waals surface area contributed by atoms with Crippen molar-refractivity contribution in [3.05, 3.63) is 59.4 Å². The monoisotopic (exact) mass is 265 g/mol. The Labute approximate surface area is 115 Å². The molecule has 0 saturated heterocycles. The molecule has 98 valence electrons. The molecular formula is C17H12FNO. The Balaban J connectivity index is 2.21. The number of hydrogen-bond acceptors (Lipinski definition) is 1. The lowest BCUT2D eigenvalue weighted by atomic mass is 10.0. The predicted octanol–water partition coefficient (Wildman–Crippen LogP) is 4.01. The topological polar surface area (TPSA) is 22.0 Å². The molecule has 2 aromatic carbocycles. The zero-order valence-electron chi connectivity index (χ0n) is 11.0. The molecule has 0 bridgehead atoms. The van der Waals surface area contributed by atoms with Crippen molar-refractivity contribution in [3.8, 4) is 11.3 Å². The molecule has 1 aliphatic heterocycles. The van der Waals surface area contributed by atoms with Crippen LogP contribution in [0.3, 0.4) is 0 Å². The summed E-state index contributed by atoms with van der Waals surface area (Å²) in [7, 11) is 0. The average Bonchev–Trinajstić information content (AvgIpc) is 2.93. The molecule has 2 nitrogen and oxygen atoms in total. The van der Waals surface area contributed by atoms with E-state index in [-0.39, 0.29) is 11.7 Å². The lowest BCUT2D eigenvalue weighted by Crippen LogP contribution is -2.05. The lowest BCUT2D eigenvalue weighted by molar-refractivity contribution is 0.0973. The lowest BCUT2D eigenvalue weighted by Gasteiger charge is -2.01. The first-order valence-electron chi connectivity index (χ1n) is 6.69. The largest absolute Gasteiger partial charge is 0.275 e. The zero-order valence-corrected chi connectivity index (χ0v) is 11.0. The van der Waals surface area contributed by atoms with Crippen molar-refractivity contribution >= 4 is 16.8 Å². The van der Waals surface area contributed by atoms with Gasteiger partial charge < -0.3 is 0 Å². The van der Waals surface area contributed by atoms with Crippen molar-refractivity contribution in [2.24, 2.45) is 0 Å². The van der Waals surface area contributed by atoms with E-state index in [9.17, 15) is 9.18 Å². The van der Waals surface area contributed by atoms with Crippen LogP contribution < -0.4 is 0 Å². The van der Waals surface area contributed by atoms with Gasteiger partial charge in [-0.05, 0) is 36.2 Å². The standard InChI is InChI=1S/C17H12FNO/c1-2-11-14-9-10(18)7-8-15(14)19-16(11)12-5-3-4-6-13(12)17(19)20/h3-9H,2H2,1H3. The van der Waals surface area contributed by atoms with Crippen LogP contribution in [-0.4, -0.2) is 10.5 Å². The molecule has 0 saturated carbocycles. The fraction of sp³-hybridized carbons (Fsp3) is 0.118. The smallest absolute Gasteiger partial charge is 0.263 e. The number of hydrogen-bond donors (Lipinski definition) is 0. The molecule has 0 unspecified atom stereocenters. The maximum Gasteiger partial charge on any atom is 0.263 e. The molecule has 0 aliphatic carbocycles. The third-order valence-electron chi connectivity index (χ3n) is 4.00. The van der Waals surface area contributed by atoms with Gasteiger partial charge in [0.15, 0.2) is 0 Å². The van der Waals surface area contributed by atoms with E-state index in [0.717, 1.165) is 39.7 Å². The first kappa shape index (κ1) is 11.4. The number of nitrogens with zero attached hydrogens (tertiary/aromatic N) is 1. The molecule has 1 aromatic heterocycles. The van der Waals surface area contributed by atoms with Crippen LogP contribution in [-0.2, 0) is 6.42 Å². The van der Waals surface area contributed by atoms with E-state index >= 15 is 0 Å². The molecule has 0 amide bonds. The van der Waals surface area contributed by atoms with E-state index in [1.165, 1.54) is 12.1 Å². The molecule has 3 heteroatoms. The Bertz CT molecular complexity index is 876. The molecule has 0 atom stereocenters. The van der Waals surface area contributed by atoms with Crippen molar-refractivity contribution in [2.75, 3.05) is 0 Å². The molecular weight excluding hydrogens is 253 g/mol. The first-order chi connectivity index (χ1) is 9.72. The number of carbonyl (C=O) groups excluding carboxylic acids is 1. The van der Waals surface area contributed by atoms with E-state index in [1.807, 2.05) is 31.2 Å². The molecule has 2 heterocycles. The summed E-state index contributed by atoms with van der Waals surface area (Å²) in [6.07, 6.45) is 0.768. The maximum atomic E-state index is 13.5. The van der Waals surface area contributed by atoms with Crippen molar-refractivity contribution < 1.29 is 9.18 Å². The Morgan fingerprint density at radius 3 is 2.60 bits per heavy atom. The summed E-state index contributed by atoms with van der Waals surface area (Å²) < 4.78 is 15.2. The van der Waals surface area contributed by atoms with Gasteiger partial charge in [0.05, 0.1) is 11.2 Å². The van der Waals surface area contributed by atoms with Gasteiger partial charge in [-0.3, -0.25) is 9.36 Å². The highest BCUT2D eigenvalue weighted by atomic mass is 19.1. The fourth-order valence-electron chi connectivity index (χ4n) is 3.18. The number of fused-ring (bicyclic) bond motifs is 5. The fourth-order valence-corrected chi connectivity index (χ4v) is 3.18. The summed E-state index contributed by atoms with van der Waals surface area (Å²) in [5, 5.41) is 0.838. The summed E-state index contributed by atoms with van der Waals surface area (Å²) in [6, 6.07) is 12.2. The van der Waals surface area contributed by atoms with Gasteiger partial charge in [-0.25, -0.2) is 4.39 Å². The van der Waals surface area contributed by atoms with Crippen molar-refractivity contribution in [1.29, 1.82) is 0 Å². The highest BCUT2D eigenvalue weighted by molar-refractivity contribution is 6.15. The van der Waals surface area contributed by atoms with E-state index in [2.05, 4.69) is 0 Å². The Morgan fingerprint density at radius 1 is 1.10 bits per heavy atom. The van der Waals surface area contributed by atoms with Crippen molar-refractivity contribution in [1.82, 2.24) is 4.57 Å². The van der Waals surface area contributed by atoms with Crippen LogP contribution in [0.2, 0.25) is 0 Å². The second-order valence-corrected chi connectivity index (χ2v) is 5.03. The minimum atomic E-state index is -0.266. The summed E-state index contributed by atoms with van der Waals surface area (Å²) in [5.74, 6) is -0.288. The molecule has 0 spiro atoms. The van der Waals surface area contributed by atoms with Crippen LogP contribution in [0.4, 0.5) is 4.39 Å². The van der Waals surface area contributed by atoms with Crippen molar-refractivity contribution in [2.45, 2.75) is 13.3 Å². The number of halogens is 1. The third kappa shape index (κ3) is 1.24. The molecule has 20 heavy (non-hydrogen) atoms. The second-order valence-electron chi connectivity index (χ2n) is 5.03. The summed E-state index contributed by atoms with van der Waals surface area (Å²) >= 11 is 0. The van der Waals surface area contributed by atoms with Crippen molar-refractivity contribution in [3.63, 3.8) is 0 Å². The SMILES string of the molecule is CCc1c2n(c3ccc(F)cc13)C(=O)c1ccccc1-2. The second kappa shape index (κ2) is 3.79. The number of carbonyl (C=O) groups is 1. The summed E-state index contributed by atoms with van der Waals surface area (Å²) in [6.45, 7) is 2.03. The molecule has 0 N–H and O–H groups in total. The molecule has 0 fully saturated rings. The average molecular weight is 265 g/mol. The van der Waals surface area contributed by atoms with E-state index in [1.54, 1.807) is 10.6 Å². The minimum absolute atomic E-state index is 0.0214. The molecule has 4 rings (SSSR count). The normalized spacial score (nSPS) is 12.8. The number of rotatable bonds is 1. The van der Waals surface area contributed by atoms with Crippen LogP contribution in [0.25, 0.3) is 22.2 Å². The van der Waals surface area contributed by atoms with Gasteiger partial charge in [-0.15, -0.1) is 0 Å². The van der Waals surface area contributed by atoms with Gasteiger partial charge in [0, 0.05) is 16.5 Å². The van der Waals surface area contributed by atoms with Crippen LogP contribution in [0.15, 0.2) is 42.5 Å². The van der Waals surface area contributed by atoms with Gasteiger partial charge in [-0.2, -0.15) is 0 Å². The van der Waals surface area contributed by atoms with Gasteiger partial charge >= 0.3 is 0 Å². The summed E-state index contributed by atoms with van der Waals surface area (Å²) in [4.78, 5) is 12.6. The quantitative estimate of drug-likeness (QED) is 0.509. The zero-order chi connectivity index (χ0) is 13.9.